The molecule has 1 aliphatic heterocycles. The molecule has 0 spiro atoms. The maximum atomic E-state index is 12.5. The summed E-state index contributed by atoms with van der Waals surface area (Å²) in [5, 5.41) is 0. The van der Waals surface area contributed by atoms with Crippen molar-refractivity contribution in [3.63, 3.8) is 0 Å². The van der Waals surface area contributed by atoms with Gasteiger partial charge in [-0.25, -0.2) is 0 Å². The zero-order valence-corrected chi connectivity index (χ0v) is 15.0. The molecular formula is C19H28N2O3. The first-order chi connectivity index (χ1) is 11.6. The molecule has 0 atom stereocenters. The van der Waals surface area contributed by atoms with Gasteiger partial charge in [0, 0.05) is 37.7 Å². The maximum Gasteiger partial charge on any atom is 0.227 e. The maximum absolute atomic E-state index is 12.5. The van der Waals surface area contributed by atoms with Crippen LogP contribution in [-0.4, -0.2) is 54.9 Å². The van der Waals surface area contributed by atoms with Gasteiger partial charge in [-0.3, -0.25) is 9.59 Å². The topological polar surface area (TPSA) is 49.9 Å². The highest BCUT2D eigenvalue weighted by molar-refractivity contribution is 5.81. The summed E-state index contributed by atoms with van der Waals surface area (Å²) >= 11 is 0. The lowest BCUT2D eigenvalue weighted by Crippen LogP contribution is -2.52. The number of ether oxygens (including phenoxy) is 1. The van der Waals surface area contributed by atoms with Crippen LogP contribution in [-0.2, 0) is 16.0 Å². The monoisotopic (exact) mass is 332 g/mol. The predicted molar refractivity (Wildman–Crippen MR) is 93.9 cm³/mol. The number of rotatable bonds is 6. The van der Waals surface area contributed by atoms with Crippen molar-refractivity contribution >= 4 is 11.8 Å². The first kappa shape index (κ1) is 18.3. The summed E-state index contributed by atoms with van der Waals surface area (Å²) in [6.07, 6.45) is 2.09. The van der Waals surface area contributed by atoms with Crippen LogP contribution in [0.2, 0.25) is 0 Å². The Morgan fingerprint density at radius 2 is 1.62 bits per heavy atom. The van der Waals surface area contributed by atoms with Gasteiger partial charge in [0.1, 0.15) is 5.75 Å². The molecule has 2 rings (SSSR count). The zero-order valence-electron chi connectivity index (χ0n) is 15.0. The quantitative estimate of drug-likeness (QED) is 0.803. The van der Waals surface area contributed by atoms with Gasteiger partial charge >= 0.3 is 0 Å². The van der Waals surface area contributed by atoms with Crippen LogP contribution in [0.4, 0.5) is 0 Å². The third-order valence-corrected chi connectivity index (χ3v) is 4.81. The van der Waals surface area contributed by atoms with Gasteiger partial charge in [-0.1, -0.05) is 32.0 Å². The molecule has 1 aromatic rings. The lowest BCUT2D eigenvalue weighted by Gasteiger charge is -2.36. The number of methoxy groups -OCH3 is 1. The molecule has 24 heavy (non-hydrogen) atoms. The highest BCUT2D eigenvalue weighted by Gasteiger charge is 2.27. The molecule has 2 amide bonds. The van der Waals surface area contributed by atoms with E-state index in [1.54, 1.807) is 7.11 Å². The molecule has 132 valence electrons. The minimum Gasteiger partial charge on any atom is -0.496 e. The number of carbonyl (C=O) groups is 2. The van der Waals surface area contributed by atoms with Crippen molar-refractivity contribution in [3.8, 4) is 5.75 Å². The normalized spacial score (nSPS) is 14.8. The molecule has 0 bridgehead atoms. The minimum absolute atomic E-state index is 0.0918. The fourth-order valence-corrected chi connectivity index (χ4v) is 3.20. The molecule has 0 unspecified atom stereocenters. The van der Waals surface area contributed by atoms with Gasteiger partial charge in [0.05, 0.1) is 13.5 Å². The summed E-state index contributed by atoms with van der Waals surface area (Å²) in [5.74, 6) is 1.18. The highest BCUT2D eigenvalue weighted by Crippen LogP contribution is 2.19. The Kier molecular flexibility index (Phi) is 6.64. The van der Waals surface area contributed by atoms with Crippen molar-refractivity contribution < 1.29 is 14.3 Å². The van der Waals surface area contributed by atoms with E-state index >= 15 is 0 Å². The Hall–Kier alpha value is -2.04. The van der Waals surface area contributed by atoms with Crippen LogP contribution >= 0.6 is 0 Å². The second-order valence-corrected chi connectivity index (χ2v) is 6.21. The molecule has 1 fully saturated rings. The van der Waals surface area contributed by atoms with E-state index in [0.717, 1.165) is 24.2 Å². The van der Waals surface area contributed by atoms with Crippen LogP contribution in [0.5, 0.6) is 5.75 Å². The third-order valence-electron chi connectivity index (χ3n) is 4.81. The Morgan fingerprint density at radius 1 is 1.04 bits per heavy atom. The van der Waals surface area contributed by atoms with Gasteiger partial charge in [0.25, 0.3) is 0 Å². The van der Waals surface area contributed by atoms with Gasteiger partial charge in [0.15, 0.2) is 0 Å². The van der Waals surface area contributed by atoms with E-state index in [-0.39, 0.29) is 17.7 Å². The van der Waals surface area contributed by atoms with Gasteiger partial charge < -0.3 is 14.5 Å². The number of hydrogen-bond acceptors (Lipinski definition) is 3. The number of para-hydroxylation sites is 1. The molecule has 1 aliphatic rings. The number of hydrogen-bond donors (Lipinski definition) is 0. The van der Waals surface area contributed by atoms with Crippen LogP contribution in [0.15, 0.2) is 24.3 Å². The average molecular weight is 332 g/mol. The SMILES string of the molecule is CCC(CC)C(=O)N1CCN(C(=O)Cc2ccccc2OC)CC1. The van der Waals surface area contributed by atoms with E-state index in [4.69, 9.17) is 4.74 Å². The summed E-state index contributed by atoms with van der Waals surface area (Å²) in [6, 6.07) is 7.60. The van der Waals surface area contributed by atoms with E-state index < -0.39 is 0 Å². The summed E-state index contributed by atoms with van der Waals surface area (Å²) in [5.41, 5.74) is 0.903. The molecule has 0 N–H and O–H groups in total. The summed E-state index contributed by atoms with van der Waals surface area (Å²) in [7, 11) is 1.62. The van der Waals surface area contributed by atoms with E-state index in [9.17, 15) is 9.59 Å². The van der Waals surface area contributed by atoms with Crippen LogP contribution in [0.25, 0.3) is 0 Å². The van der Waals surface area contributed by atoms with E-state index in [2.05, 4.69) is 13.8 Å². The lowest BCUT2D eigenvalue weighted by atomic mass is 10.0. The molecule has 0 saturated carbocycles. The van der Waals surface area contributed by atoms with Gasteiger partial charge in [0.2, 0.25) is 11.8 Å². The highest BCUT2D eigenvalue weighted by atomic mass is 16.5. The smallest absolute Gasteiger partial charge is 0.227 e. The largest absolute Gasteiger partial charge is 0.496 e. The van der Waals surface area contributed by atoms with E-state index in [1.807, 2.05) is 34.1 Å². The van der Waals surface area contributed by atoms with Gasteiger partial charge in [-0.15, -0.1) is 0 Å². The van der Waals surface area contributed by atoms with Crippen molar-refractivity contribution in [2.45, 2.75) is 33.1 Å². The van der Waals surface area contributed by atoms with Crippen LogP contribution in [0.1, 0.15) is 32.3 Å². The molecule has 1 aromatic carbocycles. The number of piperazine rings is 1. The first-order valence-corrected chi connectivity index (χ1v) is 8.79. The lowest BCUT2D eigenvalue weighted by molar-refractivity contribution is -0.142. The Bertz CT molecular complexity index is 561. The van der Waals surface area contributed by atoms with Crippen molar-refractivity contribution in [2.24, 2.45) is 5.92 Å². The third kappa shape index (κ3) is 4.28. The van der Waals surface area contributed by atoms with Crippen molar-refractivity contribution in [1.82, 2.24) is 9.80 Å². The summed E-state index contributed by atoms with van der Waals surface area (Å²) < 4.78 is 5.31. The van der Waals surface area contributed by atoms with Crippen molar-refractivity contribution in [1.29, 1.82) is 0 Å². The first-order valence-electron chi connectivity index (χ1n) is 8.79. The van der Waals surface area contributed by atoms with E-state index in [1.165, 1.54) is 0 Å². The summed E-state index contributed by atoms with van der Waals surface area (Å²) in [6.45, 7) is 6.60. The molecular weight excluding hydrogens is 304 g/mol. The minimum atomic E-state index is 0.0918. The molecule has 1 saturated heterocycles. The van der Waals surface area contributed by atoms with Crippen molar-refractivity contribution in [2.75, 3.05) is 33.3 Å². The zero-order chi connectivity index (χ0) is 17.5. The number of amides is 2. The van der Waals surface area contributed by atoms with Gasteiger partial charge in [-0.05, 0) is 18.9 Å². The second kappa shape index (κ2) is 8.71. The Balaban J connectivity index is 1.90. The number of benzene rings is 1. The summed E-state index contributed by atoms with van der Waals surface area (Å²) in [4.78, 5) is 28.7. The number of nitrogens with zero attached hydrogens (tertiary/aromatic N) is 2. The Morgan fingerprint density at radius 3 is 2.21 bits per heavy atom. The standard InChI is InChI=1S/C19H28N2O3/c1-4-15(5-2)19(23)21-12-10-20(11-13-21)18(22)14-16-8-6-7-9-17(16)24-3/h6-9,15H,4-5,10-14H2,1-3H3. The molecule has 1 heterocycles. The molecule has 0 aromatic heterocycles. The molecule has 5 heteroatoms. The van der Waals surface area contributed by atoms with Crippen LogP contribution < -0.4 is 4.74 Å². The average Bonchev–Trinajstić information content (AvgIpc) is 2.63. The van der Waals surface area contributed by atoms with Crippen LogP contribution in [0.3, 0.4) is 0 Å². The van der Waals surface area contributed by atoms with Crippen molar-refractivity contribution in [3.05, 3.63) is 29.8 Å². The Labute approximate surface area is 144 Å². The molecule has 5 nitrogen and oxygen atoms in total. The van der Waals surface area contributed by atoms with Crippen LogP contribution in [0, 0.1) is 5.92 Å². The fourth-order valence-electron chi connectivity index (χ4n) is 3.20. The van der Waals surface area contributed by atoms with E-state index in [0.29, 0.717) is 32.6 Å². The second-order valence-electron chi connectivity index (χ2n) is 6.21. The number of carbonyl (C=O) groups excluding carboxylic acids is 2. The predicted octanol–water partition coefficient (Wildman–Crippen LogP) is 2.34. The molecule has 0 radical (unpaired) electrons. The molecule has 0 aliphatic carbocycles. The van der Waals surface area contributed by atoms with Gasteiger partial charge in [-0.2, -0.15) is 0 Å². The fraction of sp³-hybridized carbons (Fsp3) is 0.579.